The molecule has 98 valence electrons. The van der Waals surface area contributed by atoms with Gasteiger partial charge in [-0.15, -0.1) is 11.8 Å². The molecule has 0 aliphatic rings. The molecule has 0 fully saturated rings. The second-order valence-corrected chi connectivity index (χ2v) is 5.11. The summed E-state index contributed by atoms with van der Waals surface area (Å²) in [4.78, 5) is 4.66. The van der Waals surface area contributed by atoms with Gasteiger partial charge in [-0.05, 0) is 25.1 Å². The average molecular weight is 265 g/mol. The highest BCUT2D eigenvalue weighted by molar-refractivity contribution is 7.99. The van der Waals surface area contributed by atoms with Crippen LogP contribution in [0, 0.1) is 0 Å². The lowest BCUT2D eigenvalue weighted by molar-refractivity contribution is 0.200. The van der Waals surface area contributed by atoms with E-state index in [0.29, 0.717) is 6.54 Å². The van der Waals surface area contributed by atoms with Gasteiger partial charge in [0.15, 0.2) is 0 Å². The molecule has 0 spiro atoms. The van der Waals surface area contributed by atoms with Crippen molar-refractivity contribution in [3.63, 3.8) is 0 Å². The van der Waals surface area contributed by atoms with E-state index in [1.807, 2.05) is 24.4 Å². The van der Waals surface area contributed by atoms with Gasteiger partial charge >= 0.3 is 0 Å². The first kappa shape index (κ1) is 13.4. The molecule has 5 heteroatoms. The Kier molecular flexibility index (Phi) is 5.04. The van der Waals surface area contributed by atoms with Crippen LogP contribution in [0.2, 0.25) is 0 Å². The fraction of sp³-hybridized carbons (Fsp3) is 0.462. The van der Waals surface area contributed by atoms with E-state index in [4.69, 9.17) is 10.5 Å². The van der Waals surface area contributed by atoms with Gasteiger partial charge < -0.3 is 14.9 Å². The predicted molar refractivity (Wildman–Crippen MR) is 75.2 cm³/mol. The van der Waals surface area contributed by atoms with E-state index in [2.05, 4.69) is 9.38 Å². The van der Waals surface area contributed by atoms with Gasteiger partial charge in [0.05, 0.1) is 5.69 Å². The van der Waals surface area contributed by atoms with Crippen LogP contribution in [-0.2, 0) is 11.2 Å². The highest BCUT2D eigenvalue weighted by atomic mass is 32.2. The number of aromatic nitrogens is 2. The molecule has 0 radical (unpaired) electrons. The van der Waals surface area contributed by atoms with Crippen molar-refractivity contribution in [3.8, 4) is 0 Å². The monoisotopic (exact) mass is 265 g/mol. The molecular formula is C13H19N3OS. The molecule has 0 aliphatic heterocycles. The molecule has 0 aliphatic carbocycles. The number of methoxy groups -OCH3 is 1. The van der Waals surface area contributed by atoms with Crippen LogP contribution in [0.5, 0.6) is 0 Å². The van der Waals surface area contributed by atoms with E-state index >= 15 is 0 Å². The molecule has 0 saturated heterocycles. The molecule has 0 saturated carbocycles. The maximum Gasteiger partial charge on any atom is 0.138 e. The van der Waals surface area contributed by atoms with E-state index in [1.54, 1.807) is 18.9 Å². The third kappa shape index (κ3) is 3.04. The predicted octanol–water partition coefficient (Wildman–Crippen LogP) is 1.96. The van der Waals surface area contributed by atoms with Gasteiger partial charge in [-0.1, -0.05) is 6.07 Å². The molecule has 2 heterocycles. The van der Waals surface area contributed by atoms with Gasteiger partial charge in [0, 0.05) is 32.1 Å². The topological polar surface area (TPSA) is 52.5 Å². The number of imidazole rings is 1. The number of hydrogen-bond donors (Lipinski definition) is 1. The lowest BCUT2D eigenvalue weighted by Crippen LogP contribution is -2.06. The van der Waals surface area contributed by atoms with Crippen molar-refractivity contribution in [2.24, 2.45) is 5.73 Å². The molecule has 2 N–H and O–H groups in total. The van der Waals surface area contributed by atoms with Crippen molar-refractivity contribution < 1.29 is 4.74 Å². The SMILES string of the molecule is COCCCSc1nc2ccccn2c1CCN. The van der Waals surface area contributed by atoms with E-state index in [0.717, 1.165) is 35.9 Å². The van der Waals surface area contributed by atoms with E-state index in [9.17, 15) is 0 Å². The molecule has 2 aromatic rings. The van der Waals surface area contributed by atoms with E-state index < -0.39 is 0 Å². The van der Waals surface area contributed by atoms with Crippen molar-refractivity contribution in [3.05, 3.63) is 30.1 Å². The summed E-state index contributed by atoms with van der Waals surface area (Å²) in [5, 5.41) is 1.10. The molecule has 0 atom stereocenters. The average Bonchev–Trinajstić information content (AvgIpc) is 2.74. The lowest BCUT2D eigenvalue weighted by atomic mass is 10.3. The molecule has 4 nitrogen and oxygen atoms in total. The van der Waals surface area contributed by atoms with Crippen LogP contribution in [0.1, 0.15) is 12.1 Å². The zero-order valence-electron chi connectivity index (χ0n) is 10.6. The number of hydrogen-bond acceptors (Lipinski definition) is 4. The summed E-state index contributed by atoms with van der Waals surface area (Å²) in [6.07, 6.45) is 3.95. The second-order valence-electron chi connectivity index (χ2n) is 4.03. The van der Waals surface area contributed by atoms with Crippen LogP contribution >= 0.6 is 11.8 Å². The van der Waals surface area contributed by atoms with Gasteiger partial charge in [-0.25, -0.2) is 4.98 Å². The van der Waals surface area contributed by atoms with Gasteiger partial charge in [0.25, 0.3) is 0 Å². The molecule has 0 bridgehead atoms. The van der Waals surface area contributed by atoms with Gasteiger partial charge in [0.2, 0.25) is 0 Å². The Morgan fingerprint density at radius 2 is 2.33 bits per heavy atom. The number of fused-ring (bicyclic) bond motifs is 1. The summed E-state index contributed by atoms with van der Waals surface area (Å²) in [6, 6.07) is 6.06. The standard InChI is InChI=1S/C13H19N3OS/c1-17-9-4-10-18-13-11(6-7-14)16-8-3-2-5-12(16)15-13/h2-3,5,8H,4,6-7,9-10,14H2,1H3. The maximum absolute atomic E-state index is 5.69. The Labute approximate surface area is 112 Å². The smallest absolute Gasteiger partial charge is 0.138 e. The van der Waals surface area contributed by atoms with Crippen molar-refractivity contribution in [2.45, 2.75) is 17.9 Å². The summed E-state index contributed by atoms with van der Waals surface area (Å²) in [5.74, 6) is 1.02. The van der Waals surface area contributed by atoms with Crippen LogP contribution in [0.3, 0.4) is 0 Å². The molecule has 0 amide bonds. The molecular weight excluding hydrogens is 246 g/mol. The zero-order chi connectivity index (χ0) is 12.8. The summed E-state index contributed by atoms with van der Waals surface area (Å²) in [6.45, 7) is 1.45. The minimum Gasteiger partial charge on any atom is -0.385 e. The fourth-order valence-corrected chi connectivity index (χ4v) is 2.86. The van der Waals surface area contributed by atoms with Crippen molar-refractivity contribution in [2.75, 3.05) is 26.0 Å². The highest BCUT2D eigenvalue weighted by Gasteiger charge is 2.11. The van der Waals surface area contributed by atoms with Crippen LogP contribution in [-0.4, -0.2) is 35.4 Å². The molecule has 0 aromatic carbocycles. The number of rotatable bonds is 7. The summed E-state index contributed by atoms with van der Waals surface area (Å²) < 4.78 is 7.19. The summed E-state index contributed by atoms with van der Waals surface area (Å²) in [5.41, 5.74) is 7.90. The maximum atomic E-state index is 5.69. The normalized spacial score (nSPS) is 11.2. The Morgan fingerprint density at radius 1 is 1.44 bits per heavy atom. The number of ether oxygens (including phenoxy) is 1. The third-order valence-corrected chi connectivity index (χ3v) is 3.80. The number of pyridine rings is 1. The first-order valence-electron chi connectivity index (χ1n) is 6.14. The van der Waals surface area contributed by atoms with Crippen LogP contribution in [0.25, 0.3) is 5.65 Å². The van der Waals surface area contributed by atoms with Gasteiger partial charge in [0.1, 0.15) is 10.7 Å². The minimum absolute atomic E-state index is 0.647. The lowest BCUT2D eigenvalue weighted by Gasteiger charge is -2.03. The number of nitrogens with two attached hydrogens (primary N) is 1. The summed E-state index contributed by atoms with van der Waals surface area (Å²) >= 11 is 1.79. The van der Waals surface area contributed by atoms with Gasteiger partial charge in [-0.2, -0.15) is 0 Å². The van der Waals surface area contributed by atoms with Crippen LogP contribution in [0.15, 0.2) is 29.4 Å². The van der Waals surface area contributed by atoms with Crippen LogP contribution < -0.4 is 5.73 Å². The highest BCUT2D eigenvalue weighted by Crippen LogP contribution is 2.24. The first-order chi connectivity index (χ1) is 8.86. The second kappa shape index (κ2) is 6.78. The Hall–Kier alpha value is -1.04. The zero-order valence-corrected chi connectivity index (χ0v) is 11.4. The minimum atomic E-state index is 0.647. The quantitative estimate of drug-likeness (QED) is 0.614. The Bertz CT molecular complexity index is 498. The number of nitrogens with zero attached hydrogens (tertiary/aromatic N) is 2. The van der Waals surface area contributed by atoms with Crippen molar-refractivity contribution >= 4 is 17.4 Å². The summed E-state index contributed by atoms with van der Waals surface area (Å²) in [7, 11) is 1.73. The van der Waals surface area contributed by atoms with Gasteiger partial charge in [-0.3, -0.25) is 0 Å². The molecule has 18 heavy (non-hydrogen) atoms. The van der Waals surface area contributed by atoms with Crippen LogP contribution in [0.4, 0.5) is 0 Å². The molecule has 2 rings (SSSR count). The first-order valence-corrected chi connectivity index (χ1v) is 7.13. The Balaban J connectivity index is 2.17. The Morgan fingerprint density at radius 3 is 3.11 bits per heavy atom. The molecule has 2 aromatic heterocycles. The van der Waals surface area contributed by atoms with E-state index in [-0.39, 0.29) is 0 Å². The third-order valence-electron chi connectivity index (χ3n) is 2.70. The largest absolute Gasteiger partial charge is 0.385 e. The number of thioether (sulfide) groups is 1. The van der Waals surface area contributed by atoms with E-state index in [1.165, 1.54) is 5.69 Å². The van der Waals surface area contributed by atoms with Crippen molar-refractivity contribution in [1.82, 2.24) is 9.38 Å². The fourth-order valence-electron chi connectivity index (χ4n) is 1.88. The van der Waals surface area contributed by atoms with Crippen molar-refractivity contribution in [1.29, 1.82) is 0 Å². The molecule has 0 unspecified atom stereocenters.